The van der Waals surface area contributed by atoms with Gasteiger partial charge in [-0.2, -0.15) is 20.2 Å². The Morgan fingerprint density at radius 1 is 0.629 bits per heavy atom. The molecule has 0 amide bonds. The van der Waals surface area contributed by atoms with Gasteiger partial charge in [0.25, 0.3) is 0 Å². The van der Waals surface area contributed by atoms with Gasteiger partial charge in [-0.15, -0.1) is 0 Å². The van der Waals surface area contributed by atoms with Crippen molar-refractivity contribution in [1.29, 1.82) is 0 Å². The lowest BCUT2D eigenvalue weighted by Crippen LogP contribution is -2.04. The number of hydrazone groups is 2. The van der Waals surface area contributed by atoms with Crippen molar-refractivity contribution >= 4 is 35.7 Å². The van der Waals surface area contributed by atoms with Crippen LogP contribution in [0.15, 0.2) is 83.0 Å². The molecule has 0 aliphatic heterocycles. The molecule has 0 atom stereocenters. The lowest BCUT2D eigenvalue weighted by molar-refractivity contribution is 0.598. The van der Waals surface area contributed by atoms with E-state index in [2.05, 4.69) is 36.3 Å². The summed E-state index contributed by atoms with van der Waals surface area (Å²) in [4.78, 5) is 8.46. The van der Waals surface area contributed by atoms with Gasteiger partial charge in [0, 0.05) is 22.9 Å². The highest BCUT2D eigenvalue weighted by Crippen LogP contribution is 2.19. The number of halogens is 4. The Balaban J connectivity index is 1.56. The third kappa shape index (κ3) is 6.60. The van der Waals surface area contributed by atoms with Crippen LogP contribution in [0.4, 0.5) is 40.8 Å². The van der Waals surface area contributed by atoms with Crippen molar-refractivity contribution in [2.75, 3.05) is 16.2 Å². The fourth-order valence-electron chi connectivity index (χ4n) is 2.84. The third-order valence-electron chi connectivity index (χ3n) is 4.44. The maximum atomic E-state index is 13.8. The Morgan fingerprint density at radius 3 is 1.83 bits per heavy atom. The summed E-state index contributed by atoms with van der Waals surface area (Å²) in [6, 6.07) is 16.6. The van der Waals surface area contributed by atoms with E-state index in [1.807, 2.05) is 30.3 Å². The molecule has 0 bridgehead atoms. The van der Waals surface area contributed by atoms with Crippen molar-refractivity contribution in [2.45, 2.75) is 0 Å². The highest BCUT2D eigenvalue weighted by Gasteiger charge is 2.06. The zero-order chi connectivity index (χ0) is 24.6. The molecule has 0 aliphatic carbocycles. The van der Waals surface area contributed by atoms with Crippen LogP contribution in [0.3, 0.4) is 0 Å². The topological polar surface area (TPSA) is 86.6 Å². The van der Waals surface area contributed by atoms with Gasteiger partial charge in [-0.3, -0.25) is 5.43 Å². The molecule has 1 aromatic heterocycles. The van der Waals surface area contributed by atoms with E-state index < -0.39 is 23.3 Å². The summed E-state index contributed by atoms with van der Waals surface area (Å²) >= 11 is 0. The van der Waals surface area contributed by atoms with Crippen LogP contribution in [0, 0.1) is 23.3 Å². The van der Waals surface area contributed by atoms with Gasteiger partial charge in [0.2, 0.25) is 5.95 Å². The number of anilines is 4. The monoisotopic (exact) mass is 479 g/mol. The number of nitrogens with zero attached hydrogens (tertiary/aromatic N) is 4. The average Bonchev–Trinajstić information content (AvgIpc) is 2.84. The molecule has 0 unspecified atom stereocenters. The van der Waals surface area contributed by atoms with E-state index in [4.69, 9.17) is 0 Å². The van der Waals surface area contributed by atoms with Gasteiger partial charge in [0.05, 0.1) is 12.4 Å². The SMILES string of the molecule is Fc1ccc(F)c(C=NNc2cc(Nc3ccccc3)nc(NN=Cc3cc(F)ccc3F)n2)c1. The minimum absolute atomic E-state index is 0.00590. The molecule has 35 heavy (non-hydrogen) atoms. The Bertz CT molecular complexity index is 1300. The van der Waals surface area contributed by atoms with Crippen LogP contribution in [-0.4, -0.2) is 22.4 Å². The van der Waals surface area contributed by atoms with Crippen LogP contribution >= 0.6 is 0 Å². The zero-order valence-corrected chi connectivity index (χ0v) is 17.9. The second-order valence-electron chi connectivity index (χ2n) is 7.02. The summed E-state index contributed by atoms with van der Waals surface area (Å²) < 4.78 is 54.3. The normalized spacial score (nSPS) is 11.2. The van der Waals surface area contributed by atoms with Crippen LogP contribution in [0.5, 0.6) is 0 Å². The average molecular weight is 479 g/mol. The predicted octanol–water partition coefficient (Wildman–Crippen LogP) is 5.67. The van der Waals surface area contributed by atoms with Crippen molar-refractivity contribution in [3.05, 3.63) is 107 Å². The van der Waals surface area contributed by atoms with Crippen molar-refractivity contribution in [3.63, 3.8) is 0 Å². The van der Waals surface area contributed by atoms with E-state index in [0.717, 1.165) is 54.5 Å². The van der Waals surface area contributed by atoms with Gasteiger partial charge in [-0.05, 0) is 48.5 Å². The summed E-state index contributed by atoms with van der Waals surface area (Å²) in [6.45, 7) is 0. The van der Waals surface area contributed by atoms with E-state index in [0.29, 0.717) is 5.82 Å². The minimum atomic E-state index is -0.654. The Hall–Kier alpha value is -4.80. The van der Waals surface area contributed by atoms with Gasteiger partial charge in [0.1, 0.15) is 29.1 Å². The summed E-state index contributed by atoms with van der Waals surface area (Å²) in [5.41, 5.74) is 5.77. The van der Waals surface area contributed by atoms with Crippen molar-refractivity contribution < 1.29 is 17.6 Å². The van der Waals surface area contributed by atoms with E-state index in [1.54, 1.807) is 0 Å². The number of benzene rings is 3. The lowest BCUT2D eigenvalue weighted by Gasteiger charge is -2.09. The number of hydrogen-bond acceptors (Lipinski definition) is 7. The third-order valence-corrected chi connectivity index (χ3v) is 4.44. The number of aromatic nitrogens is 2. The Labute approximate surface area is 197 Å². The minimum Gasteiger partial charge on any atom is -0.340 e. The van der Waals surface area contributed by atoms with Crippen molar-refractivity contribution in [2.24, 2.45) is 10.2 Å². The van der Waals surface area contributed by atoms with Crippen LogP contribution in [0.1, 0.15) is 11.1 Å². The van der Waals surface area contributed by atoms with E-state index in [9.17, 15) is 17.6 Å². The van der Waals surface area contributed by atoms with Crippen LogP contribution < -0.4 is 16.2 Å². The standard InChI is InChI=1S/C24H17F4N7/c25-17-6-8-20(27)15(10-17)13-29-34-23-12-22(31-19-4-2-1-3-5-19)32-24(33-23)35-30-14-16-11-18(26)7-9-21(16)28/h1-14H,(H3,31,32,33,34,35). The second kappa shape index (κ2) is 10.9. The molecule has 4 rings (SSSR count). The molecule has 176 valence electrons. The van der Waals surface area contributed by atoms with Crippen LogP contribution in [0.2, 0.25) is 0 Å². The maximum Gasteiger partial charge on any atom is 0.247 e. The van der Waals surface area contributed by atoms with Crippen molar-refractivity contribution in [3.8, 4) is 0 Å². The highest BCUT2D eigenvalue weighted by atomic mass is 19.1. The molecule has 4 aromatic rings. The fraction of sp³-hybridized carbons (Fsp3) is 0. The van der Waals surface area contributed by atoms with Gasteiger partial charge >= 0.3 is 0 Å². The maximum absolute atomic E-state index is 13.8. The largest absolute Gasteiger partial charge is 0.340 e. The summed E-state index contributed by atoms with van der Waals surface area (Å²) in [5.74, 6) is -2.00. The van der Waals surface area contributed by atoms with Gasteiger partial charge in [-0.25, -0.2) is 23.0 Å². The fourth-order valence-corrected chi connectivity index (χ4v) is 2.84. The summed E-state index contributed by atoms with van der Waals surface area (Å²) in [6.07, 6.45) is 2.18. The van der Waals surface area contributed by atoms with E-state index in [1.165, 1.54) is 6.07 Å². The molecule has 11 heteroatoms. The summed E-state index contributed by atoms with van der Waals surface area (Å²) in [7, 11) is 0. The molecule has 3 N–H and O–H groups in total. The molecular weight excluding hydrogens is 462 g/mol. The first-order valence-electron chi connectivity index (χ1n) is 10.2. The van der Waals surface area contributed by atoms with Gasteiger partial charge < -0.3 is 5.32 Å². The number of nitrogens with one attached hydrogen (secondary N) is 3. The number of hydrogen-bond donors (Lipinski definition) is 3. The number of rotatable bonds is 8. The molecule has 0 saturated carbocycles. The molecule has 0 aliphatic rings. The van der Waals surface area contributed by atoms with Gasteiger partial charge in [-0.1, -0.05) is 18.2 Å². The Morgan fingerprint density at radius 2 is 1.20 bits per heavy atom. The molecule has 0 radical (unpaired) electrons. The van der Waals surface area contributed by atoms with Crippen LogP contribution in [0.25, 0.3) is 0 Å². The zero-order valence-electron chi connectivity index (χ0n) is 17.9. The smallest absolute Gasteiger partial charge is 0.247 e. The predicted molar refractivity (Wildman–Crippen MR) is 127 cm³/mol. The summed E-state index contributed by atoms with van der Waals surface area (Å²) in [5, 5.41) is 10.8. The lowest BCUT2D eigenvalue weighted by atomic mass is 10.2. The van der Waals surface area contributed by atoms with E-state index in [-0.39, 0.29) is 22.9 Å². The van der Waals surface area contributed by atoms with Gasteiger partial charge in [0.15, 0.2) is 5.82 Å². The quantitative estimate of drug-likeness (QED) is 0.172. The molecular formula is C24H17F4N7. The molecule has 3 aromatic carbocycles. The molecule has 0 fully saturated rings. The Kier molecular flexibility index (Phi) is 7.26. The van der Waals surface area contributed by atoms with Crippen molar-refractivity contribution in [1.82, 2.24) is 9.97 Å². The highest BCUT2D eigenvalue weighted by molar-refractivity contribution is 5.81. The molecule has 0 saturated heterocycles. The first kappa shape index (κ1) is 23.4. The molecule has 0 spiro atoms. The first-order chi connectivity index (χ1) is 17.0. The molecule has 1 heterocycles. The van der Waals surface area contributed by atoms with E-state index >= 15 is 0 Å². The molecule has 7 nitrogen and oxygen atoms in total. The number of para-hydroxylation sites is 1. The first-order valence-corrected chi connectivity index (χ1v) is 10.2. The second-order valence-corrected chi connectivity index (χ2v) is 7.02. The van der Waals surface area contributed by atoms with Crippen LogP contribution in [-0.2, 0) is 0 Å².